The number of benzene rings is 7. The molecule has 7 aromatic rings. The molecule has 0 aliphatic carbocycles. The maximum Gasteiger partial charge on any atom is 1.00 e. The van der Waals surface area contributed by atoms with Gasteiger partial charge in [-0.3, -0.25) is 12.9 Å². The van der Waals surface area contributed by atoms with Gasteiger partial charge in [-0.05, 0) is 116 Å². The van der Waals surface area contributed by atoms with E-state index in [0.29, 0.717) is 51.4 Å². The number of ether oxygens (including phenoxy) is 5. The van der Waals surface area contributed by atoms with Crippen molar-refractivity contribution in [2.75, 3.05) is 26.4 Å². The average Bonchev–Trinajstić information content (AvgIpc) is 3.31. The van der Waals surface area contributed by atoms with Gasteiger partial charge < -0.3 is 28.4 Å². The Bertz CT molecular complexity index is 2540. The van der Waals surface area contributed by atoms with E-state index in [-0.39, 0.29) is 31.8 Å². The SMILES string of the molecule is C.C.CCOc1ccc(C(C)(C)COCc2cccc(C)c2)cc1Sc1ccccc1.FB(F)F.Sc1ccccc1.[3H+].[3H]c1cc(C(C)(C)COCc2cccc(Oc3ccccc3)c2)ccc1OCC.[F-]. The summed E-state index contributed by atoms with van der Waals surface area (Å²) in [5.41, 5.74) is 5.55. The van der Waals surface area contributed by atoms with Gasteiger partial charge in [0, 0.05) is 20.6 Å². The first-order valence-electron chi connectivity index (χ1n) is 23.0. The quantitative estimate of drug-likeness (QED) is 0.0525. The van der Waals surface area contributed by atoms with Crippen molar-refractivity contribution in [2.24, 2.45) is 0 Å². The second-order valence-electron chi connectivity index (χ2n) is 16.8. The highest BCUT2D eigenvalue weighted by Crippen LogP contribution is 2.38. The monoisotopic (exact) mass is 1020 g/mol. The van der Waals surface area contributed by atoms with Gasteiger partial charge in [-0.25, -0.2) is 0 Å². The molecule has 71 heavy (non-hydrogen) atoms. The summed E-state index contributed by atoms with van der Waals surface area (Å²) in [5.74, 6) is 3.15. The Kier molecular flexibility index (Phi) is 29.3. The molecule has 5 nitrogen and oxygen atoms in total. The Labute approximate surface area is 435 Å². The van der Waals surface area contributed by atoms with Crippen LogP contribution in [0.1, 0.15) is 87.0 Å². The first-order chi connectivity index (χ1) is 33.1. The van der Waals surface area contributed by atoms with Crippen molar-refractivity contribution in [3.63, 3.8) is 0 Å². The minimum Gasteiger partial charge on any atom is -1.00 e. The summed E-state index contributed by atoms with van der Waals surface area (Å²) in [5, 5.41) is 0. The molecule has 0 aliphatic rings. The Hall–Kier alpha value is -5.66. The molecule has 0 saturated carbocycles. The van der Waals surface area contributed by atoms with Crippen molar-refractivity contribution in [1.29, 1.82) is 0 Å². The summed E-state index contributed by atoms with van der Waals surface area (Å²) >= 11 is 5.83. The molecule has 7 rings (SSSR count). The Morgan fingerprint density at radius 1 is 0.577 bits per heavy atom. The minimum atomic E-state index is -3.67. The van der Waals surface area contributed by atoms with Crippen molar-refractivity contribution in [3.8, 4) is 23.0 Å². The zero-order valence-electron chi connectivity index (χ0n) is 42.5. The van der Waals surface area contributed by atoms with E-state index in [4.69, 9.17) is 25.1 Å². The van der Waals surface area contributed by atoms with Crippen LogP contribution in [0.5, 0.6) is 23.0 Å². The van der Waals surface area contributed by atoms with Gasteiger partial charge in [0.2, 0.25) is 0 Å². The van der Waals surface area contributed by atoms with Gasteiger partial charge in [-0.15, -0.1) is 12.6 Å². The van der Waals surface area contributed by atoms with Crippen LogP contribution >= 0.6 is 24.4 Å². The number of halogens is 4. The van der Waals surface area contributed by atoms with Crippen molar-refractivity contribution in [3.05, 3.63) is 210 Å². The zero-order chi connectivity index (χ0) is 50.1. The fourth-order valence-corrected chi connectivity index (χ4v) is 7.68. The van der Waals surface area contributed by atoms with Crippen LogP contribution in [0.4, 0.5) is 12.9 Å². The number of aryl methyl sites for hydroxylation is 1. The molecule has 0 amide bonds. The predicted octanol–water partition coefficient (Wildman–Crippen LogP) is 14.7. The van der Waals surface area contributed by atoms with E-state index >= 15 is 0 Å². The minimum absolute atomic E-state index is 0. The van der Waals surface area contributed by atoms with Crippen LogP contribution in [0, 0.1) is 6.92 Å². The Balaban J connectivity index is 0.00000112. The van der Waals surface area contributed by atoms with Crippen molar-refractivity contribution < 1.29 is 44.1 Å². The van der Waals surface area contributed by atoms with Crippen molar-refractivity contribution in [1.82, 2.24) is 0 Å². The van der Waals surface area contributed by atoms with Crippen LogP contribution in [0.2, 0.25) is 0 Å². The number of hydrogen-bond donors (Lipinski definition) is 1. The number of thiol groups is 1. The molecule has 0 saturated heterocycles. The van der Waals surface area contributed by atoms with Crippen molar-refractivity contribution in [2.45, 2.75) is 102 Å². The van der Waals surface area contributed by atoms with Crippen LogP contribution in [-0.4, -0.2) is 34.0 Å². The van der Waals surface area contributed by atoms with E-state index in [1.54, 1.807) is 11.8 Å². The molecule has 0 spiro atoms. The molecule has 0 aromatic heterocycles. The molecule has 382 valence electrons. The number of para-hydroxylation sites is 1. The summed E-state index contributed by atoms with van der Waals surface area (Å²) in [6.07, 6.45) is 0. The average molecular weight is 1020 g/mol. The van der Waals surface area contributed by atoms with Gasteiger partial charge in [0.05, 0.1) is 45.9 Å². The topological polar surface area (TPSA) is 46.2 Å². The molecule has 0 atom stereocenters. The zero-order valence-corrected chi connectivity index (χ0v) is 42.2. The predicted molar refractivity (Wildman–Crippen MR) is 293 cm³/mol. The smallest absolute Gasteiger partial charge is 1.00 e. The molecule has 7 aromatic carbocycles. The molecule has 0 radical (unpaired) electrons. The van der Waals surface area contributed by atoms with Crippen LogP contribution in [0.15, 0.2) is 197 Å². The van der Waals surface area contributed by atoms with E-state index in [1.165, 1.54) is 21.6 Å². The summed E-state index contributed by atoms with van der Waals surface area (Å²) < 4.78 is 66.5. The normalized spacial score (nSPS) is 10.5. The fourth-order valence-electron chi connectivity index (χ4n) is 6.54. The van der Waals surface area contributed by atoms with E-state index < -0.39 is 7.54 Å². The Morgan fingerprint density at radius 3 is 1.62 bits per heavy atom. The molecule has 0 bridgehead atoms. The number of rotatable bonds is 18. The third kappa shape index (κ3) is 24.4. The van der Waals surface area contributed by atoms with Crippen LogP contribution in [-0.2, 0) is 33.5 Å². The highest BCUT2D eigenvalue weighted by atomic mass is 32.2. The molecule has 0 fully saturated rings. The van der Waals surface area contributed by atoms with E-state index in [2.05, 4.69) is 114 Å². The Morgan fingerprint density at radius 2 is 1.08 bits per heavy atom. The van der Waals surface area contributed by atoms with E-state index in [9.17, 15) is 12.9 Å². The second-order valence-corrected chi connectivity index (χ2v) is 18.4. The molecule has 0 unspecified atom stereocenters. The molecule has 0 N–H and O–H groups in total. The largest absolute Gasteiger partial charge is 1.00 e. The third-order valence-corrected chi connectivity index (χ3v) is 11.4. The fraction of sp³-hybridized carbons (Fsp3) is 0.288. The highest BCUT2D eigenvalue weighted by molar-refractivity contribution is 7.99. The highest BCUT2D eigenvalue weighted by Gasteiger charge is 2.23. The summed E-state index contributed by atoms with van der Waals surface area (Å²) in [6, 6.07) is 59.0. The standard InChI is InChI=1S/C26H30O2S.C25H28O3.C6H6S.2CH4.BF3.FH/c1-5-28-24-15-14-22(17-25(24)29-23-12-7-6-8-13-23)26(3,4)19-27-18-21-11-9-10-20(2)16-21;1-4-27-22-15-13-21(14-16-22)25(2,3)19-26-18-20-9-8-12-24(17-20)28-23-10-6-5-7-11-23;7-6-4-2-1-3-5-6;;;2-1(3)4;/h6-17H,5,18-19H2,1-4H3;5-17H,4,18-19H2,1-3H3;1-5,7H;2*1H4;;1H/i;15T;;;;;/hT. The van der Waals surface area contributed by atoms with Gasteiger partial charge in [0.1, 0.15) is 23.0 Å². The van der Waals surface area contributed by atoms with Crippen LogP contribution in [0.3, 0.4) is 0 Å². The maximum absolute atomic E-state index is 9.67. The van der Waals surface area contributed by atoms with E-state index in [0.717, 1.165) is 38.2 Å². The van der Waals surface area contributed by atoms with Gasteiger partial charge in [0.15, 0.2) is 0 Å². The van der Waals surface area contributed by atoms with Crippen molar-refractivity contribution >= 4 is 31.9 Å². The van der Waals surface area contributed by atoms with Gasteiger partial charge in [-0.1, -0.05) is 169 Å². The van der Waals surface area contributed by atoms with Crippen LogP contribution in [0.25, 0.3) is 0 Å². The van der Waals surface area contributed by atoms with Gasteiger partial charge in [-0.2, -0.15) is 0 Å². The molecule has 12 heteroatoms. The summed E-state index contributed by atoms with van der Waals surface area (Å²) in [6.45, 7) is 18.3. The lowest BCUT2D eigenvalue weighted by molar-refractivity contribution is -0.0000197. The first kappa shape index (κ1) is 61.5. The molecular weight excluding hydrogens is 940 g/mol. The third-order valence-electron chi connectivity index (χ3n) is 10.0. The lowest BCUT2D eigenvalue weighted by Gasteiger charge is -2.26. The lowest BCUT2D eigenvalue weighted by atomic mass is 9.85. The summed E-state index contributed by atoms with van der Waals surface area (Å²) in [7, 11) is -3.67. The second kappa shape index (κ2) is 33.8. The molecular formula is C59H73BF4O5S2. The summed E-state index contributed by atoms with van der Waals surface area (Å²) in [4.78, 5) is 3.36. The maximum atomic E-state index is 9.67. The lowest BCUT2D eigenvalue weighted by Crippen LogP contribution is -3.00. The van der Waals surface area contributed by atoms with Gasteiger partial charge in [0.25, 0.3) is 0 Å². The molecule has 0 aliphatic heterocycles. The number of hydrogen-bond acceptors (Lipinski definition) is 7. The first-order valence-corrected chi connectivity index (χ1v) is 23.8. The van der Waals surface area contributed by atoms with Crippen LogP contribution < -0.4 is 18.9 Å². The molecule has 0 heterocycles. The van der Waals surface area contributed by atoms with E-state index in [1.807, 2.05) is 123 Å². The van der Waals surface area contributed by atoms with Gasteiger partial charge >= 0.3 is 8.97 Å².